The SMILES string of the molecule is CC(C)(C)NC(=O)Nc1ncc(C=CC(=O)O)s1. The second kappa shape index (κ2) is 5.63. The second-order valence-electron chi connectivity index (χ2n) is 4.57. The van der Waals surface area contributed by atoms with Crippen molar-refractivity contribution in [3.8, 4) is 0 Å². The quantitative estimate of drug-likeness (QED) is 0.733. The maximum absolute atomic E-state index is 11.5. The summed E-state index contributed by atoms with van der Waals surface area (Å²) in [6, 6.07) is -0.342. The average molecular weight is 269 g/mol. The van der Waals surface area contributed by atoms with E-state index in [2.05, 4.69) is 15.6 Å². The van der Waals surface area contributed by atoms with Gasteiger partial charge in [-0.05, 0) is 26.8 Å². The van der Waals surface area contributed by atoms with E-state index in [1.54, 1.807) is 0 Å². The smallest absolute Gasteiger partial charge is 0.328 e. The molecule has 0 aliphatic carbocycles. The van der Waals surface area contributed by atoms with E-state index in [0.29, 0.717) is 10.0 Å². The fourth-order valence-electron chi connectivity index (χ4n) is 1.04. The zero-order valence-electron chi connectivity index (χ0n) is 10.4. The van der Waals surface area contributed by atoms with Gasteiger partial charge in [0.1, 0.15) is 0 Å². The highest BCUT2D eigenvalue weighted by atomic mass is 32.1. The Hall–Kier alpha value is -1.89. The highest BCUT2D eigenvalue weighted by molar-refractivity contribution is 7.16. The molecule has 0 fully saturated rings. The molecule has 1 aromatic heterocycles. The zero-order chi connectivity index (χ0) is 13.8. The Bertz CT molecular complexity index is 474. The van der Waals surface area contributed by atoms with Gasteiger partial charge >= 0.3 is 12.0 Å². The molecular weight excluding hydrogens is 254 g/mol. The number of carboxylic acids is 1. The highest BCUT2D eigenvalue weighted by Crippen LogP contribution is 2.19. The Kier molecular flexibility index (Phi) is 4.43. The summed E-state index contributed by atoms with van der Waals surface area (Å²) < 4.78 is 0. The number of aromatic nitrogens is 1. The van der Waals surface area contributed by atoms with E-state index in [0.717, 1.165) is 6.08 Å². The third-order valence-electron chi connectivity index (χ3n) is 1.62. The fraction of sp³-hybridized carbons (Fsp3) is 0.364. The van der Waals surface area contributed by atoms with E-state index in [9.17, 15) is 9.59 Å². The summed E-state index contributed by atoms with van der Waals surface area (Å²) in [4.78, 5) is 26.5. The lowest BCUT2D eigenvalue weighted by atomic mass is 10.1. The number of carbonyl (C=O) groups excluding carboxylic acids is 1. The minimum Gasteiger partial charge on any atom is -0.478 e. The van der Waals surface area contributed by atoms with Gasteiger partial charge in [-0.3, -0.25) is 5.32 Å². The molecule has 0 bridgehead atoms. The normalized spacial score (nSPS) is 11.5. The predicted molar refractivity (Wildman–Crippen MR) is 70.7 cm³/mol. The molecule has 1 rings (SSSR count). The number of rotatable bonds is 3. The van der Waals surface area contributed by atoms with Crippen molar-refractivity contribution >= 4 is 34.5 Å². The number of anilines is 1. The molecule has 0 radical (unpaired) electrons. The first-order chi connectivity index (χ1) is 8.26. The number of urea groups is 1. The van der Waals surface area contributed by atoms with E-state index in [-0.39, 0.29) is 11.6 Å². The Balaban J connectivity index is 2.59. The van der Waals surface area contributed by atoms with Crippen molar-refractivity contribution in [3.05, 3.63) is 17.2 Å². The molecule has 0 saturated carbocycles. The maximum Gasteiger partial charge on any atom is 0.328 e. The second-order valence-corrected chi connectivity index (χ2v) is 5.63. The van der Waals surface area contributed by atoms with Crippen molar-refractivity contribution in [2.75, 3.05) is 5.32 Å². The van der Waals surface area contributed by atoms with Gasteiger partial charge in [-0.25, -0.2) is 14.6 Å². The van der Waals surface area contributed by atoms with E-state index >= 15 is 0 Å². The van der Waals surface area contributed by atoms with E-state index in [1.807, 2.05) is 20.8 Å². The van der Waals surface area contributed by atoms with Gasteiger partial charge in [0.05, 0.1) is 0 Å². The first-order valence-electron chi connectivity index (χ1n) is 5.22. The molecule has 98 valence electrons. The zero-order valence-corrected chi connectivity index (χ0v) is 11.2. The molecule has 0 saturated heterocycles. The van der Waals surface area contributed by atoms with Crippen molar-refractivity contribution < 1.29 is 14.7 Å². The number of nitrogens with one attached hydrogen (secondary N) is 2. The van der Waals surface area contributed by atoms with Gasteiger partial charge in [0.2, 0.25) is 0 Å². The molecule has 0 aromatic carbocycles. The molecule has 18 heavy (non-hydrogen) atoms. The topological polar surface area (TPSA) is 91.3 Å². The number of aliphatic carboxylic acids is 1. The highest BCUT2D eigenvalue weighted by Gasteiger charge is 2.14. The van der Waals surface area contributed by atoms with Crippen LogP contribution >= 0.6 is 11.3 Å². The summed E-state index contributed by atoms with van der Waals surface area (Å²) in [6.07, 6.45) is 3.94. The van der Waals surface area contributed by atoms with Gasteiger partial charge in [-0.1, -0.05) is 11.3 Å². The maximum atomic E-state index is 11.5. The summed E-state index contributed by atoms with van der Waals surface area (Å²) >= 11 is 1.20. The lowest BCUT2D eigenvalue weighted by Gasteiger charge is -2.19. The molecule has 1 heterocycles. The number of thiazole rings is 1. The number of hydrogen-bond acceptors (Lipinski definition) is 4. The average Bonchev–Trinajstić information content (AvgIpc) is 2.59. The minimum absolute atomic E-state index is 0.326. The number of nitrogens with zero attached hydrogens (tertiary/aromatic N) is 1. The van der Waals surface area contributed by atoms with Crippen LogP contribution in [0.4, 0.5) is 9.93 Å². The van der Waals surface area contributed by atoms with Crippen LogP contribution in [0.15, 0.2) is 12.3 Å². The lowest BCUT2D eigenvalue weighted by Crippen LogP contribution is -2.43. The molecule has 6 nitrogen and oxygen atoms in total. The van der Waals surface area contributed by atoms with Crippen molar-refractivity contribution in [2.24, 2.45) is 0 Å². The van der Waals surface area contributed by atoms with E-state index < -0.39 is 5.97 Å². The van der Waals surface area contributed by atoms with Crippen LogP contribution in [0.2, 0.25) is 0 Å². The Labute approximate surface area is 109 Å². The Morgan fingerprint density at radius 3 is 2.67 bits per heavy atom. The Morgan fingerprint density at radius 1 is 1.44 bits per heavy atom. The van der Waals surface area contributed by atoms with Gasteiger partial charge in [0.15, 0.2) is 5.13 Å². The van der Waals surface area contributed by atoms with Gasteiger partial charge in [-0.2, -0.15) is 0 Å². The molecule has 7 heteroatoms. The van der Waals surface area contributed by atoms with Gasteiger partial charge in [0.25, 0.3) is 0 Å². The summed E-state index contributed by atoms with van der Waals surface area (Å²) in [7, 11) is 0. The molecule has 3 N–H and O–H groups in total. The van der Waals surface area contributed by atoms with Crippen molar-refractivity contribution in [3.63, 3.8) is 0 Å². The number of amides is 2. The first kappa shape index (κ1) is 14.2. The largest absolute Gasteiger partial charge is 0.478 e. The molecule has 0 unspecified atom stereocenters. The van der Waals surface area contributed by atoms with Crippen LogP contribution in [-0.4, -0.2) is 27.6 Å². The summed E-state index contributed by atoms with van der Waals surface area (Å²) in [5, 5.41) is 14.2. The van der Waals surface area contributed by atoms with E-state index in [4.69, 9.17) is 5.11 Å². The van der Waals surface area contributed by atoms with Crippen LogP contribution in [0.25, 0.3) is 6.08 Å². The molecule has 0 aliphatic heterocycles. The monoisotopic (exact) mass is 269 g/mol. The lowest BCUT2D eigenvalue weighted by molar-refractivity contribution is -0.131. The third kappa shape index (κ3) is 5.44. The fourth-order valence-corrected chi connectivity index (χ4v) is 1.76. The molecular formula is C11H15N3O3S. The van der Waals surface area contributed by atoms with Crippen LogP contribution < -0.4 is 10.6 Å². The van der Waals surface area contributed by atoms with Gasteiger partial charge < -0.3 is 10.4 Å². The van der Waals surface area contributed by atoms with Crippen LogP contribution in [0.1, 0.15) is 25.6 Å². The molecule has 2 amide bonds. The number of carboxylic acid groups (broad SMARTS) is 1. The first-order valence-corrected chi connectivity index (χ1v) is 6.04. The van der Waals surface area contributed by atoms with Crippen LogP contribution in [0.3, 0.4) is 0 Å². The van der Waals surface area contributed by atoms with Crippen LogP contribution in [-0.2, 0) is 4.79 Å². The van der Waals surface area contributed by atoms with Gasteiger partial charge in [0, 0.05) is 22.7 Å². The molecule has 0 spiro atoms. The molecule has 0 aliphatic rings. The summed E-state index contributed by atoms with van der Waals surface area (Å²) in [6.45, 7) is 5.61. The van der Waals surface area contributed by atoms with Crippen molar-refractivity contribution in [2.45, 2.75) is 26.3 Å². The number of hydrogen-bond donors (Lipinski definition) is 3. The summed E-state index contributed by atoms with van der Waals surface area (Å²) in [5.74, 6) is -1.02. The van der Waals surface area contributed by atoms with E-state index in [1.165, 1.54) is 23.6 Å². The van der Waals surface area contributed by atoms with Crippen LogP contribution in [0, 0.1) is 0 Å². The Morgan fingerprint density at radius 2 is 2.11 bits per heavy atom. The van der Waals surface area contributed by atoms with Gasteiger partial charge in [-0.15, -0.1) is 0 Å². The molecule has 1 aromatic rings. The minimum atomic E-state index is -1.02. The standard InChI is InChI=1S/C11H15N3O3S/c1-11(2,3)14-9(17)13-10-12-6-7(18-10)4-5-8(15)16/h4-6H,1-3H3,(H,15,16)(H2,12,13,14,17). The van der Waals surface area contributed by atoms with Crippen LogP contribution in [0.5, 0.6) is 0 Å². The van der Waals surface area contributed by atoms with Crippen molar-refractivity contribution in [1.82, 2.24) is 10.3 Å². The third-order valence-corrected chi connectivity index (χ3v) is 2.50. The van der Waals surface area contributed by atoms with Crippen molar-refractivity contribution in [1.29, 1.82) is 0 Å². The predicted octanol–water partition coefficient (Wildman–Crippen LogP) is 2.16. The molecule has 0 atom stereocenters. The summed E-state index contributed by atoms with van der Waals surface area (Å²) in [5.41, 5.74) is -0.326. The number of carbonyl (C=O) groups is 2.